The fourth-order valence-electron chi connectivity index (χ4n) is 3.39. The molecule has 1 N–H and O–H groups in total. The average Bonchev–Trinajstić information content (AvgIpc) is 2.85. The molecule has 0 spiro atoms. The summed E-state index contributed by atoms with van der Waals surface area (Å²) in [4.78, 5) is 66.8. The molecular weight excluding hydrogens is 496 g/mol. The zero-order valence-corrected chi connectivity index (χ0v) is 21.6. The molecule has 4 atom stereocenters. The summed E-state index contributed by atoms with van der Waals surface area (Å²) in [7, 11) is 0. The number of nitrogens with one attached hydrogen (secondary N) is 1. The summed E-state index contributed by atoms with van der Waals surface area (Å²) in [5.74, 6) is -5.07. The van der Waals surface area contributed by atoms with Crippen LogP contribution >= 0.6 is 11.6 Å². The normalized spacial score (nSPS) is 22.4. The number of halogens is 1. The third-order valence-corrected chi connectivity index (χ3v) is 5.63. The number of ether oxygens (including phenoxy) is 4. The van der Waals surface area contributed by atoms with Gasteiger partial charge in [-0.15, -0.1) is 11.6 Å². The van der Waals surface area contributed by atoms with Crippen LogP contribution in [0.3, 0.4) is 0 Å². The van der Waals surface area contributed by atoms with Crippen molar-refractivity contribution in [2.45, 2.75) is 65.7 Å². The topological polar surface area (TPSA) is 147 Å². The Labute approximate surface area is 214 Å². The summed E-state index contributed by atoms with van der Waals surface area (Å²) in [5.41, 5.74) is 0.205. The first-order valence-electron chi connectivity index (χ1n) is 11.6. The Morgan fingerprint density at radius 2 is 1.94 bits per heavy atom. The van der Waals surface area contributed by atoms with Crippen molar-refractivity contribution in [3.8, 4) is 5.75 Å². The number of carbonyl (C=O) groups is 5. The molecule has 4 unspecified atom stereocenters. The lowest BCUT2D eigenvalue weighted by atomic mass is 9.95. The van der Waals surface area contributed by atoms with Gasteiger partial charge in [-0.1, -0.05) is 20.8 Å². The monoisotopic (exact) mass is 526 g/mol. The molecule has 0 bridgehead atoms. The maximum atomic E-state index is 13.0. The molecule has 36 heavy (non-hydrogen) atoms. The first-order valence-corrected chi connectivity index (χ1v) is 12.1. The molecule has 198 valence electrons. The first kappa shape index (κ1) is 29.0. The van der Waals surface area contributed by atoms with Gasteiger partial charge in [-0.2, -0.15) is 0 Å². The highest BCUT2D eigenvalue weighted by atomic mass is 35.5. The van der Waals surface area contributed by atoms with Crippen LogP contribution in [0.5, 0.6) is 5.75 Å². The second-order valence-electron chi connectivity index (χ2n) is 8.59. The predicted octanol–water partition coefficient (Wildman–Crippen LogP) is 2.11. The van der Waals surface area contributed by atoms with Gasteiger partial charge < -0.3 is 24.3 Å². The van der Waals surface area contributed by atoms with E-state index in [1.165, 1.54) is 13.1 Å². The van der Waals surface area contributed by atoms with E-state index in [4.69, 9.17) is 30.5 Å². The van der Waals surface area contributed by atoms with Gasteiger partial charge in [-0.05, 0) is 31.9 Å². The van der Waals surface area contributed by atoms with E-state index in [0.717, 1.165) is 0 Å². The number of hydrogen-bond donors (Lipinski definition) is 1. The van der Waals surface area contributed by atoms with E-state index in [0.29, 0.717) is 5.56 Å². The number of cyclic esters (lactones) is 2. The molecule has 1 aliphatic heterocycles. The molecule has 2 heterocycles. The lowest BCUT2D eigenvalue weighted by Gasteiger charge is -2.29. The molecule has 1 fully saturated rings. The summed E-state index contributed by atoms with van der Waals surface area (Å²) in [6.07, 6.45) is -0.549. The van der Waals surface area contributed by atoms with Gasteiger partial charge in [-0.3, -0.25) is 19.2 Å². The van der Waals surface area contributed by atoms with E-state index in [1.807, 2.05) is 0 Å². The van der Waals surface area contributed by atoms with E-state index >= 15 is 0 Å². The maximum absolute atomic E-state index is 13.0. The predicted molar refractivity (Wildman–Crippen MR) is 126 cm³/mol. The van der Waals surface area contributed by atoms with Crippen molar-refractivity contribution in [2.75, 3.05) is 12.5 Å². The van der Waals surface area contributed by atoms with Crippen molar-refractivity contribution < 1.29 is 42.9 Å². The molecule has 2 rings (SSSR count). The molecular formula is C24H31ClN2O9. The van der Waals surface area contributed by atoms with E-state index in [1.54, 1.807) is 33.8 Å². The van der Waals surface area contributed by atoms with Crippen molar-refractivity contribution in [1.29, 1.82) is 0 Å². The molecule has 1 amide bonds. The van der Waals surface area contributed by atoms with Gasteiger partial charge in [0.1, 0.15) is 12.7 Å². The Morgan fingerprint density at radius 1 is 1.25 bits per heavy atom. The zero-order chi connectivity index (χ0) is 27.0. The van der Waals surface area contributed by atoms with Crippen LogP contribution < -0.4 is 10.1 Å². The summed E-state index contributed by atoms with van der Waals surface area (Å²) in [5, 5.41) is 2.42. The van der Waals surface area contributed by atoms with Crippen molar-refractivity contribution in [2.24, 2.45) is 11.8 Å². The molecule has 1 aromatic heterocycles. The molecule has 1 saturated heterocycles. The number of pyridine rings is 1. The highest BCUT2D eigenvalue weighted by molar-refractivity contribution is 6.18. The molecule has 0 radical (unpaired) electrons. The third kappa shape index (κ3) is 7.39. The number of rotatable bonds is 8. The number of alkyl halides is 1. The van der Waals surface area contributed by atoms with Crippen LogP contribution in [-0.2, 0) is 33.4 Å². The molecule has 12 heteroatoms. The van der Waals surface area contributed by atoms with Crippen LogP contribution in [0.4, 0.5) is 0 Å². The van der Waals surface area contributed by atoms with Gasteiger partial charge >= 0.3 is 23.9 Å². The SMILES string of the molecule is CCC1C(=O)OCC(NC(=O)c2nccc(C)c2OC(=O)CCCl)C(=O)OC(C)C1OC(=O)C(C)C. The van der Waals surface area contributed by atoms with Gasteiger partial charge in [0.2, 0.25) is 0 Å². The Hall–Kier alpha value is -3.21. The lowest BCUT2D eigenvalue weighted by Crippen LogP contribution is -2.47. The third-order valence-electron chi connectivity index (χ3n) is 5.44. The Balaban J connectivity index is 2.27. The van der Waals surface area contributed by atoms with E-state index < -0.39 is 66.5 Å². The zero-order valence-electron chi connectivity index (χ0n) is 20.9. The Bertz CT molecular complexity index is 998. The van der Waals surface area contributed by atoms with Crippen molar-refractivity contribution >= 4 is 41.4 Å². The van der Waals surface area contributed by atoms with Crippen LogP contribution in [0.15, 0.2) is 12.3 Å². The van der Waals surface area contributed by atoms with E-state index in [-0.39, 0.29) is 30.2 Å². The van der Waals surface area contributed by atoms with Crippen LogP contribution in [0, 0.1) is 18.8 Å². The summed E-state index contributed by atoms with van der Waals surface area (Å²) < 4.78 is 21.5. The molecule has 1 aromatic rings. The largest absolute Gasteiger partial charge is 0.463 e. The molecule has 1 aliphatic rings. The van der Waals surface area contributed by atoms with Gasteiger partial charge in [0.05, 0.1) is 18.3 Å². The van der Waals surface area contributed by atoms with Gasteiger partial charge in [-0.25, -0.2) is 9.78 Å². The number of aromatic nitrogens is 1. The molecule has 11 nitrogen and oxygen atoms in total. The minimum atomic E-state index is -1.39. The fraction of sp³-hybridized carbons (Fsp3) is 0.583. The highest BCUT2D eigenvalue weighted by Crippen LogP contribution is 2.25. The van der Waals surface area contributed by atoms with E-state index in [9.17, 15) is 24.0 Å². The summed E-state index contributed by atoms with van der Waals surface area (Å²) in [6, 6.07) is 0.149. The van der Waals surface area contributed by atoms with Crippen LogP contribution in [-0.4, -0.2) is 65.5 Å². The number of nitrogens with zero attached hydrogens (tertiary/aromatic N) is 1. The quantitative estimate of drug-likeness (QED) is 0.303. The Kier molecular flexibility index (Phi) is 10.6. The van der Waals surface area contributed by atoms with Gasteiger partial charge in [0, 0.05) is 12.1 Å². The van der Waals surface area contributed by atoms with E-state index in [2.05, 4.69) is 10.3 Å². The summed E-state index contributed by atoms with van der Waals surface area (Å²) in [6.45, 7) is 7.57. The van der Waals surface area contributed by atoms with Crippen molar-refractivity contribution in [3.63, 3.8) is 0 Å². The Morgan fingerprint density at radius 3 is 2.56 bits per heavy atom. The van der Waals surface area contributed by atoms with Gasteiger partial charge in [0.25, 0.3) is 5.91 Å². The summed E-state index contributed by atoms with van der Waals surface area (Å²) >= 11 is 5.57. The first-order chi connectivity index (χ1) is 17.0. The maximum Gasteiger partial charge on any atom is 0.332 e. The number of aryl methyl sites for hydroxylation is 1. The van der Waals surface area contributed by atoms with Crippen molar-refractivity contribution in [3.05, 3.63) is 23.5 Å². The number of carbonyl (C=O) groups excluding carboxylic acids is 5. The minimum absolute atomic E-state index is 0.0311. The van der Waals surface area contributed by atoms with Crippen molar-refractivity contribution in [1.82, 2.24) is 10.3 Å². The standard InChI is InChI=1S/C24H31ClN2O9/c1-6-15-20(36-22(30)12(2)3)14(5)34-24(32)16(11-33-23(15)31)27-21(29)18-19(13(4)8-10-26-18)35-17(28)7-9-25/h8,10,12,14-16,20H,6-7,9,11H2,1-5H3,(H,27,29). The second-order valence-corrected chi connectivity index (χ2v) is 8.97. The molecule has 0 aromatic carbocycles. The second kappa shape index (κ2) is 13.2. The molecule has 0 aliphatic carbocycles. The van der Waals surface area contributed by atoms with Crippen LogP contribution in [0.25, 0.3) is 0 Å². The fourth-order valence-corrected chi connectivity index (χ4v) is 3.54. The average molecular weight is 527 g/mol. The molecule has 0 saturated carbocycles. The minimum Gasteiger partial charge on any atom is -0.463 e. The number of hydrogen-bond acceptors (Lipinski definition) is 10. The highest BCUT2D eigenvalue weighted by Gasteiger charge is 2.41. The number of esters is 4. The smallest absolute Gasteiger partial charge is 0.332 e. The van der Waals surface area contributed by atoms with Gasteiger partial charge in [0.15, 0.2) is 23.6 Å². The van der Waals surface area contributed by atoms with Crippen LogP contribution in [0.1, 0.15) is 56.6 Å². The van der Waals surface area contributed by atoms with Crippen LogP contribution in [0.2, 0.25) is 0 Å². The number of amides is 1. The lowest BCUT2D eigenvalue weighted by molar-refractivity contribution is -0.176.